The minimum Gasteiger partial charge on any atom is -0.481 e. The molecule has 6 nitrogen and oxygen atoms in total. The number of carboxylic acid groups (broad SMARTS) is 1. The van der Waals surface area contributed by atoms with E-state index in [0.29, 0.717) is 12.5 Å². The van der Waals surface area contributed by atoms with E-state index < -0.39 is 11.9 Å². The molecule has 0 radical (unpaired) electrons. The standard InChI is InChI=1S/C13H22N2O4/c1-14(6-9-4-3-5-9)13(18)15(2)11-8-19-7-10(11)12(16)17/h9-11H,3-8H2,1-2H3,(H,16,17). The van der Waals surface area contributed by atoms with Crippen LogP contribution in [0.5, 0.6) is 0 Å². The Balaban J connectivity index is 1.91. The fourth-order valence-electron chi connectivity index (χ4n) is 2.71. The summed E-state index contributed by atoms with van der Waals surface area (Å²) < 4.78 is 5.20. The highest BCUT2D eigenvalue weighted by Crippen LogP contribution is 2.27. The number of carbonyl (C=O) groups is 2. The number of aliphatic carboxylic acids is 1. The van der Waals surface area contributed by atoms with Crippen LogP contribution in [0.15, 0.2) is 0 Å². The van der Waals surface area contributed by atoms with Crippen LogP contribution in [0.3, 0.4) is 0 Å². The molecule has 2 atom stereocenters. The van der Waals surface area contributed by atoms with Gasteiger partial charge in [0.1, 0.15) is 5.92 Å². The molecule has 2 fully saturated rings. The van der Waals surface area contributed by atoms with Gasteiger partial charge in [0.25, 0.3) is 0 Å². The number of ether oxygens (including phenoxy) is 1. The maximum atomic E-state index is 12.3. The minimum atomic E-state index is -0.899. The number of urea groups is 1. The van der Waals surface area contributed by atoms with Crippen LogP contribution in [0.1, 0.15) is 19.3 Å². The fraction of sp³-hybridized carbons (Fsp3) is 0.846. The van der Waals surface area contributed by atoms with E-state index >= 15 is 0 Å². The van der Waals surface area contributed by atoms with Gasteiger partial charge in [-0.25, -0.2) is 4.79 Å². The van der Waals surface area contributed by atoms with Gasteiger partial charge < -0.3 is 19.6 Å². The molecule has 6 heteroatoms. The molecular formula is C13H22N2O4. The van der Waals surface area contributed by atoms with Crippen molar-refractivity contribution in [2.75, 3.05) is 33.9 Å². The second kappa shape index (κ2) is 5.77. The summed E-state index contributed by atoms with van der Waals surface area (Å²) in [5.74, 6) is -0.910. The van der Waals surface area contributed by atoms with Crippen LogP contribution >= 0.6 is 0 Å². The van der Waals surface area contributed by atoms with Gasteiger partial charge in [-0.15, -0.1) is 0 Å². The lowest BCUT2D eigenvalue weighted by Crippen LogP contribution is -2.50. The summed E-state index contributed by atoms with van der Waals surface area (Å²) in [7, 11) is 3.44. The molecule has 1 saturated heterocycles. The zero-order valence-corrected chi connectivity index (χ0v) is 11.5. The number of rotatable bonds is 4. The van der Waals surface area contributed by atoms with Crippen LogP contribution in [0.4, 0.5) is 4.79 Å². The van der Waals surface area contributed by atoms with E-state index in [9.17, 15) is 9.59 Å². The summed E-state index contributed by atoms with van der Waals surface area (Å²) in [6, 6.07) is -0.484. The van der Waals surface area contributed by atoms with Crippen molar-refractivity contribution in [3.05, 3.63) is 0 Å². The fourth-order valence-corrected chi connectivity index (χ4v) is 2.71. The van der Waals surface area contributed by atoms with Gasteiger partial charge in [-0.05, 0) is 18.8 Å². The third-order valence-electron chi connectivity index (χ3n) is 4.25. The van der Waals surface area contributed by atoms with Gasteiger partial charge in [0.2, 0.25) is 0 Å². The molecule has 19 heavy (non-hydrogen) atoms. The van der Waals surface area contributed by atoms with Gasteiger partial charge in [0, 0.05) is 20.6 Å². The Morgan fingerprint density at radius 2 is 1.95 bits per heavy atom. The molecule has 0 bridgehead atoms. The summed E-state index contributed by atoms with van der Waals surface area (Å²) in [5.41, 5.74) is 0. The molecule has 108 valence electrons. The van der Waals surface area contributed by atoms with Crippen LogP contribution in [-0.2, 0) is 9.53 Å². The van der Waals surface area contributed by atoms with Crippen LogP contribution in [0.25, 0.3) is 0 Å². The maximum Gasteiger partial charge on any atom is 0.319 e. The number of hydrogen-bond acceptors (Lipinski definition) is 3. The first-order valence-corrected chi connectivity index (χ1v) is 6.79. The smallest absolute Gasteiger partial charge is 0.319 e. The lowest BCUT2D eigenvalue weighted by molar-refractivity contribution is -0.142. The summed E-state index contributed by atoms with van der Waals surface area (Å²) >= 11 is 0. The quantitative estimate of drug-likeness (QED) is 0.823. The molecule has 2 rings (SSSR count). The van der Waals surface area contributed by atoms with Gasteiger partial charge in [0.15, 0.2) is 0 Å². The number of nitrogens with zero attached hydrogens (tertiary/aromatic N) is 2. The van der Waals surface area contributed by atoms with Crippen LogP contribution in [0, 0.1) is 11.8 Å². The highest BCUT2D eigenvalue weighted by atomic mass is 16.5. The normalized spacial score (nSPS) is 26.8. The lowest BCUT2D eigenvalue weighted by atomic mass is 9.85. The Morgan fingerprint density at radius 3 is 2.47 bits per heavy atom. The molecular weight excluding hydrogens is 248 g/mol. The lowest BCUT2D eigenvalue weighted by Gasteiger charge is -2.34. The van der Waals surface area contributed by atoms with Crippen molar-refractivity contribution in [2.45, 2.75) is 25.3 Å². The SMILES string of the molecule is CN(CC1CCC1)C(=O)N(C)C1COCC1C(=O)O. The van der Waals surface area contributed by atoms with Crippen LogP contribution in [-0.4, -0.2) is 66.8 Å². The minimum absolute atomic E-state index is 0.117. The highest BCUT2D eigenvalue weighted by Gasteiger charge is 2.39. The van der Waals surface area contributed by atoms with Crippen molar-refractivity contribution >= 4 is 12.0 Å². The zero-order valence-electron chi connectivity index (χ0n) is 11.5. The Bertz CT molecular complexity index is 357. The number of hydrogen-bond donors (Lipinski definition) is 1. The highest BCUT2D eigenvalue weighted by molar-refractivity contribution is 5.77. The largest absolute Gasteiger partial charge is 0.481 e. The topological polar surface area (TPSA) is 70.1 Å². The molecule has 2 unspecified atom stereocenters. The molecule has 1 saturated carbocycles. The van der Waals surface area contributed by atoms with Gasteiger partial charge >= 0.3 is 12.0 Å². The number of carboxylic acids is 1. The van der Waals surface area contributed by atoms with Gasteiger partial charge in [-0.3, -0.25) is 4.79 Å². The molecule has 0 aromatic rings. The van der Waals surface area contributed by atoms with Crippen LogP contribution in [0.2, 0.25) is 0 Å². The molecule has 1 N–H and O–H groups in total. The average molecular weight is 270 g/mol. The molecule has 0 aromatic carbocycles. The second-order valence-corrected chi connectivity index (χ2v) is 5.62. The van der Waals surface area contributed by atoms with Gasteiger partial charge in [-0.1, -0.05) is 6.42 Å². The first-order chi connectivity index (χ1) is 9.00. The Hall–Kier alpha value is -1.30. The van der Waals surface area contributed by atoms with Crippen molar-refractivity contribution in [3.63, 3.8) is 0 Å². The number of amides is 2. The molecule has 1 aliphatic heterocycles. The molecule has 2 aliphatic rings. The van der Waals surface area contributed by atoms with E-state index in [4.69, 9.17) is 9.84 Å². The first kappa shape index (κ1) is 14.1. The Morgan fingerprint density at radius 1 is 1.26 bits per heavy atom. The molecule has 0 aromatic heterocycles. The van der Waals surface area contributed by atoms with E-state index in [1.807, 2.05) is 0 Å². The summed E-state index contributed by atoms with van der Waals surface area (Å²) in [6.45, 7) is 1.24. The van der Waals surface area contributed by atoms with Crippen molar-refractivity contribution in [3.8, 4) is 0 Å². The zero-order chi connectivity index (χ0) is 14.0. The summed E-state index contributed by atoms with van der Waals surface area (Å²) in [4.78, 5) is 26.6. The Labute approximate surface area is 113 Å². The Kier molecular flexibility index (Phi) is 4.29. The van der Waals surface area contributed by atoms with E-state index in [1.165, 1.54) is 24.2 Å². The third kappa shape index (κ3) is 3.00. The maximum absolute atomic E-state index is 12.3. The summed E-state index contributed by atoms with van der Waals surface area (Å²) in [5, 5.41) is 9.11. The van der Waals surface area contributed by atoms with Crippen molar-refractivity contribution in [1.82, 2.24) is 9.80 Å². The van der Waals surface area contributed by atoms with E-state index in [-0.39, 0.29) is 18.7 Å². The number of likely N-dealkylation sites (N-methyl/N-ethyl adjacent to an activating group) is 1. The molecule has 0 spiro atoms. The predicted molar refractivity (Wildman–Crippen MR) is 68.9 cm³/mol. The molecule has 1 aliphatic carbocycles. The third-order valence-corrected chi connectivity index (χ3v) is 4.25. The second-order valence-electron chi connectivity index (χ2n) is 5.62. The van der Waals surface area contributed by atoms with E-state index in [1.54, 1.807) is 19.0 Å². The number of carbonyl (C=O) groups excluding carboxylic acids is 1. The van der Waals surface area contributed by atoms with Crippen molar-refractivity contribution in [2.24, 2.45) is 11.8 Å². The van der Waals surface area contributed by atoms with Gasteiger partial charge in [0.05, 0.1) is 19.3 Å². The molecule has 1 heterocycles. The van der Waals surface area contributed by atoms with Crippen molar-refractivity contribution < 1.29 is 19.4 Å². The van der Waals surface area contributed by atoms with Crippen LogP contribution < -0.4 is 0 Å². The first-order valence-electron chi connectivity index (χ1n) is 6.79. The molecule has 2 amide bonds. The van der Waals surface area contributed by atoms with Crippen molar-refractivity contribution in [1.29, 1.82) is 0 Å². The average Bonchev–Trinajstić information content (AvgIpc) is 2.80. The van der Waals surface area contributed by atoms with E-state index in [0.717, 1.165) is 6.54 Å². The summed E-state index contributed by atoms with van der Waals surface area (Å²) in [6.07, 6.45) is 3.62. The van der Waals surface area contributed by atoms with Gasteiger partial charge in [-0.2, -0.15) is 0 Å². The predicted octanol–water partition coefficient (Wildman–Crippen LogP) is 0.870. The van der Waals surface area contributed by atoms with E-state index in [2.05, 4.69) is 0 Å². The monoisotopic (exact) mass is 270 g/mol.